The zero-order valence-corrected chi connectivity index (χ0v) is 21.8. The lowest BCUT2D eigenvalue weighted by molar-refractivity contribution is -0.534. The molecular formula is C31H29N3O5. The zero-order valence-electron chi connectivity index (χ0n) is 21.8. The van der Waals surface area contributed by atoms with Crippen LogP contribution in [0.25, 0.3) is 10.8 Å². The van der Waals surface area contributed by atoms with Gasteiger partial charge < -0.3 is 14.8 Å². The number of fused-ring (bicyclic) bond motifs is 3. The van der Waals surface area contributed by atoms with Gasteiger partial charge in [0.25, 0.3) is 11.9 Å². The summed E-state index contributed by atoms with van der Waals surface area (Å²) in [5.74, 6) is 0.192. The van der Waals surface area contributed by atoms with E-state index in [1.54, 1.807) is 19.2 Å². The van der Waals surface area contributed by atoms with Crippen LogP contribution in [0.1, 0.15) is 29.5 Å². The molecule has 198 valence electrons. The first-order chi connectivity index (χ1) is 18.9. The van der Waals surface area contributed by atoms with Crippen LogP contribution >= 0.6 is 0 Å². The molecule has 3 atom stereocenters. The van der Waals surface area contributed by atoms with E-state index in [-0.39, 0.29) is 10.8 Å². The number of hydrogen-bond donors (Lipinski definition) is 1. The van der Waals surface area contributed by atoms with Crippen LogP contribution in [0.2, 0.25) is 0 Å². The van der Waals surface area contributed by atoms with Gasteiger partial charge in [0.1, 0.15) is 6.61 Å². The average molecular weight is 524 g/mol. The summed E-state index contributed by atoms with van der Waals surface area (Å²) in [5.41, 5.74) is 1.66. The van der Waals surface area contributed by atoms with Gasteiger partial charge in [-0.3, -0.25) is 19.8 Å². The van der Waals surface area contributed by atoms with Gasteiger partial charge in [-0.25, -0.2) is 0 Å². The van der Waals surface area contributed by atoms with Crippen molar-refractivity contribution in [1.29, 1.82) is 0 Å². The Balaban J connectivity index is 1.34. The summed E-state index contributed by atoms with van der Waals surface area (Å²) < 4.78 is 12.2. The van der Waals surface area contributed by atoms with E-state index in [9.17, 15) is 14.9 Å². The van der Waals surface area contributed by atoms with E-state index in [4.69, 9.17) is 9.47 Å². The first-order valence-electron chi connectivity index (χ1n) is 13.1. The van der Waals surface area contributed by atoms with Crippen molar-refractivity contribution < 1.29 is 19.2 Å². The molecule has 0 bridgehead atoms. The van der Waals surface area contributed by atoms with Crippen LogP contribution in [0.15, 0.2) is 84.9 Å². The number of nitrogens with one attached hydrogen (secondary N) is 1. The lowest BCUT2D eigenvalue weighted by Gasteiger charge is -2.30. The molecule has 2 aliphatic rings. The minimum atomic E-state index is -1.39. The van der Waals surface area contributed by atoms with Crippen LogP contribution in [0.5, 0.6) is 11.5 Å². The van der Waals surface area contributed by atoms with Gasteiger partial charge in [0.05, 0.1) is 12.5 Å². The fourth-order valence-electron chi connectivity index (χ4n) is 6.30. The lowest BCUT2D eigenvalue weighted by Crippen LogP contribution is -2.54. The highest BCUT2D eigenvalue weighted by molar-refractivity contribution is 6.06. The molecule has 2 aliphatic heterocycles. The highest BCUT2D eigenvalue weighted by Crippen LogP contribution is 2.52. The molecule has 0 aromatic heterocycles. The summed E-state index contributed by atoms with van der Waals surface area (Å²) >= 11 is 0. The van der Waals surface area contributed by atoms with E-state index in [1.807, 2.05) is 66.4 Å². The molecule has 4 aromatic carbocycles. The number of amides is 1. The first-order valence-corrected chi connectivity index (χ1v) is 13.1. The van der Waals surface area contributed by atoms with Crippen LogP contribution in [0.4, 0.5) is 5.69 Å². The Morgan fingerprint density at radius 1 is 1.00 bits per heavy atom. The number of para-hydroxylation sites is 1. The van der Waals surface area contributed by atoms with Crippen molar-refractivity contribution in [1.82, 2.24) is 4.90 Å². The molecule has 6 rings (SSSR count). The third kappa shape index (κ3) is 3.90. The van der Waals surface area contributed by atoms with E-state index >= 15 is 0 Å². The third-order valence-corrected chi connectivity index (χ3v) is 8.00. The molecule has 0 saturated carbocycles. The summed E-state index contributed by atoms with van der Waals surface area (Å²) in [6, 6.07) is 25.8. The second-order valence-electron chi connectivity index (χ2n) is 10.0. The van der Waals surface area contributed by atoms with Crippen molar-refractivity contribution in [3.63, 3.8) is 0 Å². The van der Waals surface area contributed by atoms with Crippen molar-refractivity contribution in [2.24, 2.45) is 0 Å². The Labute approximate surface area is 226 Å². The van der Waals surface area contributed by atoms with Crippen molar-refractivity contribution >= 4 is 22.4 Å². The Bertz CT molecular complexity index is 1580. The quantitative estimate of drug-likeness (QED) is 0.260. The largest absolute Gasteiger partial charge is 0.490 e. The van der Waals surface area contributed by atoms with Crippen molar-refractivity contribution in [3.05, 3.63) is 112 Å². The maximum absolute atomic E-state index is 13.4. The number of likely N-dealkylation sites (tertiary alicyclic amines) is 1. The number of likely N-dealkylation sites (N-methyl/N-ethyl adjacent to an activating group) is 1. The summed E-state index contributed by atoms with van der Waals surface area (Å²) in [5, 5.41) is 17.8. The zero-order chi connectivity index (χ0) is 27.1. The van der Waals surface area contributed by atoms with Crippen LogP contribution in [-0.4, -0.2) is 42.0 Å². The van der Waals surface area contributed by atoms with E-state index < -0.39 is 17.5 Å². The first kappa shape index (κ1) is 24.9. The normalized spacial score (nSPS) is 22.2. The smallest absolute Gasteiger partial charge is 0.256 e. The van der Waals surface area contributed by atoms with Crippen LogP contribution < -0.4 is 14.8 Å². The number of hydrogen-bond acceptors (Lipinski definition) is 6. The molecular weight excluding hydrogens is 494 g/mol. The van der Waals surface area contributed by atoms with Gasteiger partial charge in [-0.2, -0.15) is 0 Å². The number of nitro groups is 1. The van der Waals surface area contributed by atoms with E-state index in [0.29, 0.717) is 42.5 Å². The number of benzene rings is 4. The fraction of sp³-hybridized carbons (Fsp3) is 0.258. The molecule has 1 saturated heterocycles. The van der Waals surface area contributed by atoms with E-state index in [0.717, 1.165) is 21.9 Å². The van der Waals surface area contributed by atoms with Crippen molar-refractivity contribution in [2.75, 3.05) is 25.5 Å². The molecule has 0 aliphatic carbocycles. The third-order valence-electron chi connectivity index (χ3n) is 8.00. The lowest BCUT2D eigenvalue weighted by atomic mass is 9.79. The Morgan fingerprint density at radius 2 is 1.77 bits per heavy atom. The van der Waals surface area contributed by atoms with Crippen molar-refractivity contribution in [3.8, 4) is 11.5 Å². The number of anilines is 1. The Hall–Kier alpha value is -4.43. The second-order valence-corrected chi connectivity index (χ2v) is 10.0. The van der Waals surface area contributed by atoms with Crippen LogP contribution in [0.3, 0.4) is 0 Å². The van der Waals surface area contributed by atoms with Crippen molar-refractivity contribution in [2.45, 2.75) is 31.0 Å². The summed E-state index contributed by atoms with van der Waals surface area (Å²) in [4.78, 5) is 27.5. The maximum atomic E-state index is 13.4. The molecule has 2 heterocycles. The van der Waals surface area contributed by atoms with E-state index in [1.165, 1.54) is 0 Å². The van der Waals surface area contributed by atoms with E-state index in [2.05, 4.69) is 23.5 Å². The number of rotatable bonds is 7. The topological polar surface area (TPSA) is 93.9 Å². The van der Waals surface area contributed by atoms with Gasteiger partial charge in [0.2, 0.25) is 0 Å². The summed E-state index contributed by atoms with van der Waals surface area (Å²) in [6.07, 6.45) is 0. The standard InChI is InChI=1S/C31H29N3O5/c1-3-38-28-17-21(15-16-27(28)39-19-22-11-8-10-20-9-4-5-12-23(20)22)24-18-33(2)31(29(24)34(36)37)25-13-6-7-14-26(25)32-30(31)35/h4-17,24,29H,3,18-19H2,1-2H3,(H,32,35)/t24-,29+,31+/m0/s1. The van der Waals surface area contributed by atoms with Gasteiger partial charge in [0.15, 0.2) is 17.0 Å². The van der Waals surface area contributed by atoms with Crippen LogP contribution in [0, 0.1) is 10.1 Å². The minimum Gasteiger partial charge on any atom is -0.490 e. The second kappa shape index (κ2) is 9.71. The molecule has 0 radical (unpaired) electrons. The summed E-state index contributed by atoms with van der Waals surface area (Å²) in [6.45, 7) is 3.00. The monoisotopic (exact) mass is 523 g/mol. The molecule has 1 amide bonds. The SMILES string of the molecule is CCOc1cc([C@@H]2CN(C)[C@@]3(C(=O)Nc4ccccc43)[C@@H]2[N+](=O)[O-])ccc1OCc1cccc2ccccc12. The highest BCUT2D eigenvalue weighted by atomic mass is 16.6. The highest BCUT2D eigenvalue weighted by Gasteiger charge is 2.68. The Morgan fingerprint density at radius 3 is 2.59 bits per heavy atom. The molecule has 8 heteroatoms. The Kier molecular flexibility index (Phi) is 6.19. The number of ether oxygens (including phenoxy) is 2. The molecule has 4 aromatic rings. The maximum Gasteiger partial charge on any atom is 0.256 e. The number of carbonyl (C=O) groups is 1. The molecule has 8 nitrogen and oxygen atoms in total. The predicted octanol–water partition coefficient (Wildman–Crippen LogP) is 5.34. The predicted molar refractivity (Wildman–Crippen MR) is 149 cm³/mol. The number of carbonyl (C=O) groups excluding carboxylic acids is 1. The molecule has 0 unspecified atom stereocenters. The van der Waals surface area contributed by atoms with Gasteiger partial charge >= 0.3 is 0 Å². The average Bonchev–Trinajstić information content (AvgIpc) is 3.42. The van der Waals surface area contributed by atoms with Gasteiger partial charge in [-0.05, 0) is 54.1 Å². The molecule has 39 heavy (non-hydrogen) atoms. The fourth-order valence-corrected chi connectivity index (χ4v) is 6.30. The van der Waals surface area contributed by atoms with Gasteiger partial charge in [0, 0.05) is 22.7 Å². The van der Waals surface area contributed by atoms with Gasteiger partial charge in [-0.1, -0.05) is 66.7 Å². The van der Waals surface area contributed by atoms with Crippen LogP contribution in [-0.2, 0) is 16.9 Å². The van der Waals surface area contributed by atoms with Gasteiger partial charge in [-0.15, -0.1) is 0 Å². The minimum absolute atomic E-state index is 0.304. The molecule has 1 fully saturated rings. The molecule has 1 spiro atoms. The molecule has 1 N–H and O–H groups in total. The summed E-state index contributed by atoms with van der Waals surface area (Å²) in [7, 11) is 1.78. The number of nitrogens with zero attached hydrogens (tertiary/aromatic N) is 2.